The molecule has 1 unspecified atom stereocenters. The first-order chi connectivity index (χ1) is 6.16. The highest BCUT2D eigenvalue weighted by Gasteiger charge is 2.28. The van der Waals surface area contributed by atoms with Gasteiger partial charge in [0.25, 0.3) is 0 Å². The largest absolute Gasteiger partial charge is 0.441 e. The fourth-order valence-electron chi connectivity index (χ4n) is 1.07. The molecule has 0 saturated heterocycles. The van der Waals surface area contributed by atoms with E-state index in [1.165, 1.54) is 0 Å². The van der Waals surface area contributed by atoms with Crippen molar-refractivity contribution < 1.29 is 9.15 Å². The van der Waals surface area contributed by atoms with Crippen LogP contribution in [0.1, 0.15) is 31.9 Å². The Bertz CT molecular complexity index is 266. The van der Waals surface area contributed by atoms with Gasteiger partial charge in [-0.1, -0.05) is 6.92 Å². The Morgan fingerprint density at radius 1 is 1.69 bits per heavy atom. The van der Waals surface area contributed by atoms with Crippen molar-refractivity contribution in [2.45, 2.75) is 32.4 Å². The molecule has 0 saturated carbocycles. The average molecular weight is 184 g/mol. The van der Waals surface area contributed by atoms with Gasteiger partial charge in [-0.05, 0) is 13.3 Å². The van der Waals surface area contributed by atoms with E-state index in [-0.39, 0.29) is 5.60 Å². The van der Waals surface area contributed by atoms with Gasteiger partial charge in [0.1, 0.15) is 5.60 Å². The van der Waals surface area contributed by atoms with Gasteiger partial charge in [0.2, 0.25) is 5.89 Å². The van der Waals surface area contributed by atoms with Crippen molar-refractivity contribution in [2.24, 2.45) is 5.73 Å². The van der Waals surface area contributed by atoms with Crippen molar-refractivity contribution >= 4 is 0 Å². The lowest BCUT2D eigenvalue weighted by Crippen LogP contribution is -2.22. The molecule has 13 heavy (non-hydrogen) atoms. The zero-order valence-electron chi connectivity index (χ0n) is 8.33. The lowest BCUT2D eigenvalue weighted by Gasteiger charge is -2.23. The van der Waals surface area contributed by atoms with E-state index >= 15 is 0 Å². The third-order valence-corrected chi connectivity index (χ3v) is 2.37. The van der Waals surface area contributed by atoms with Crippen molar-refractivity contribution in [1.82, 2.24) is 4.98 Å². The summed E-state index contributed by atoms with van der Waals surface area (Å²) in [5.74, 6) is 1.28. The monoisotopic (exact) mass is 184 g/mol. The van der Waals surface area contributed by atoms with Crippen molar-refractivity contribution in [2.75, 3.05) is 7.11 Å². The minimum absolute atomic E-state index is 0.323. The quantitative estimate of drug-likeness (QED) is 0.768. The molecule has 0 spiro atoms. The van der Waals surface area contributed by atoms with Gasteiger partial charge in [0.05, 0.1) is 12.7 Å². The SMILES string of the molecule is CCC(C)(OC)c1cnc(CN)o1. The highest BCUT2D eigenvalue weighted by Crippen LogP contribution is 2.28. The van der Waals surface area contributed by atoms with Crippen LogP contribution in [0.2, 0.25) is 0 Å². The molecule has 1 atom stereocenters. The van der Waals surface area contributed by atoms with E-state index in [0.717, 1.165) is 12.2 Å². The molecule has 0 aliphatic carbocycles. The number of nitrogens with two attached hydrogens (primary N) is 1. The van der Waals surface area contributed by atoms with Gasteiger partial charge >= 0.3 is 0 Å². The normalized spacial score (nSPS) is 15.7. The van der Waals surface area contributed by atoms with E-state index in [9.17, 15) is 0 Å². The first-order valence-corrected chi connectivity index (χ1v) is 4.36. The number of aromatic nitrogens is 1. The lowest BCUT2D eigenvalue weighted by molar-refractivity contribution is -0.0197. The van der Waals surface area contributed by atoms with Crippen molar-refractivity contribution in [1.29, 1.82) is 0 Å². The van der Waals surface area contributed by atoms with Crippen LogP contribution < -0.4 is 5.73 Å². The van der Waals surface area contributed by atoms with Crippen molar-refractivity contribution in [3.05, 3.63) is 17.8 Å². The van der Waals surface area contributed by atoms with Gasteiger partial charge in [0.15, 0.2) is 5.76 Å². The summed E-state index contributed by atoms with van der Waals surface area (Å²) in [5, 5.41) is 0. The molecule has 1 rings (SSSR count). The predicted octanol–water partition coefficient (Wildman–Crippen LogP) is 1.40. The summed E-state index contributed by atoms with van der Waals surface area (Å²) in [6.07, 6.45) is 2.51. The van der Waals surface area contributed by atoms with Crippen LogP contribution in [0.25, 0.3) is 0 Å². The smallest absolute Gasteiger partial charge is 0.208 e. The van der Waals surface area contributed by atoms with Crippen molar-refractivity contribution in [3.8, 4) is 0 Å². The number of ether oxygens (including phenoxy) is 1. The van der Waals surface area contributed by atoms with E-state index in [4.69, 9.17) is 14.9 Å². The van der Waals surface area contributed by atoms with E-state index in [2.05, 4.69) is 4.98 Å². The predicted molar refractivity (Wildman–Crippen MR) is 49.0 cm³/mol. The van der Waals surface area contributed by atoms with Gasteiger partial charge in [-0.2, -0.15) is 0 Å². The molecule has 1 heterocycles. The van der Waals surface area contributed by atoms with E-state index in [0.29, 0.717) is 12.4 Å². The number of oxazole rings is 1. The van der Waals surface area contributed by atoms with Crippen LogP contribution in [0.3, 0.4) is 0 Å². The second kappa shape index (κ2) is 3.89. The molecule has 0 amide bonds. The minimum atomic E-state index is -0.388. The fourth-order valence-corrected chi connectivity index (χ4v) is 1.07. The minimum Gasteiger partial charge on any atom is -0.441 e. The van der Waals surface area contributed by atoms with Crippen LogP contribution in [0, 0.1) is 0 Å². The summed E-state index contributed by atoms with van der Waals surface area (Å²) in [4.78, 5) is 4.03. The second-order valence-electron chi connectivity index (χ2n) is 3.11. The average Bonchev–Trinajstić information content (AvgIpc) is 2.65. The number of nitrogens with zero attached hydrogens (tertiary/aromatic N) is 1. The Kier molecular flexibility index (Phi) is 3.06. The van der Waals surface area contributed by atoms with Crippen LogP contribution in [0.15, 0.2) is 10.6 Å². The van der Waals surface area contributed by atoms with Crippen LogP contribution in [0.5, 0.6) is 0 Å². The van der Waals surface area contributed by atoms with Crippen LogP contribution in [0.4, 0.5) is 0 Å². The lowest BCUT2D eigenvalue weighted by atomic mass is 10.0. The van der Waals surface area contributed by atoms with E-state index in [1.807, 2.05) is 13.8 Å². The molecule has 0 fully saturated rings. The van der Waals surface area contributed by atoms with E-state index < -0.39 is 0 Å². The molecule has 1 aromatic heterocycles. The molecule has 74 valence electrons. The maximum atomic E-state index is 5.42. The number of rotatable bonds is 4. The topological polar surface area (TPSA) is 61.3 Å². The van der Waals surface area contributed by atoms with Gasteiger partial charge < -0.3 is 14.9 Å². The number of hydrogen-bond donors (Lipinski definition) is 1. The van der Waals surface area contributed by atoms with Crippen molar-refractivity contribution in [3.63, 3.8) is 0 Å². The summed E-state index contributed by atoms with van der Waals surface area (Å²) in [6, 6.07) is 0. The standard InChI is InChI=1S/C9H16N2O2/c1-4-9(2,12-3)7-6-11-8(5-10)13-7/h6H,4-5,10H2,1-3H3. The molecule has 0 aliphatic heterocycles. The molecule has 2 N–H and O–H groups in total. The molecule has 4 nitrogen and oxygen atoms in total. The number of methoxy groups -OCH3 is 1. The van der Waals surface area contributed by atoms with Gasteiger partial charge in [-0.3, -0.25) is 0 Å². The van der Waals surface area contributed by atoms with E-state index in [1.54, 1.807) is 13.3 Å². The maximum Gasteiger partial charge on any atom is 0.208 e. The summed E-state index contributed by atoms with van der Waals surface area (Å²) in [6.45, 7) is 4.32. The molecule has 0 radical (unpaired) electrons. The van der Waals surface area contributed by atoms with Gasteiger partial charge in [-0.25, -0.2) is 4.98 Å². The Labute approximate surface area is 78.1 Å². The summed E-state index contributed by atoms with van der Waals surface area (Å²) >= 11 is 0. The summed E-state index contributed by atoms with van der Waals surface area (Å²) in [7, 11) is 1.66. The fraction of sp³-hybridized carbons (Fsp3) is 0.667. The molecular weight excluding hydrogens is 168 g/mol. The zero-order chi connectivity index (χ0) is 9.90. The Morgan fingerprint density at radius 2 is 2.38 bits per heavy atom. The van der Waals surface area contributed by atoms with Gasteiger partial charge in [-0.15, -0.1) is 0 Å². The second-order valence-corrected chi connectivity index (χ2v) is 3.11. The molecule has 0 aliphatic rings. The maximum absolute atomic E-state index is 5.42. The Balaban J connectivity index is 2.91. The first kappa shape index (κ1) is 10.2. The Morgan fingerprint density at radius 3 is 2.77 bits per heavy atom. The molecular formula is C9H16N2O2. The molecule has 1 aromatic rings. The molecule has 0 aromatic carbocycles. The zero-order valence-corrected chi connectivity index (χ0v) is 8.33. The molecule has 4 heteroatoms. The van der Waals surface area contributed by atoms with Crippen LogP contribution >= 0.6 is 0 Å². The number of hydrogen-bond acceptors (Lipinski definition) is 4. The highest BCUT2D eigenvalue weighted by molar-refractivity contribution is 5.04. The van der Waals surface area contributed by atoms with Crippen LogP contribution in [-0.4, -0.2) is 12.1 Å². The third-order valence-electron chi connectivity index (χ3n) is 2.37. The van der Waals surface area contributed by atoms with Crippen LogP contribution in [-0.2, 0) is 16.9 Å². The first-order valence-electron chi connectivity index (χ1n) is 4.36. The summed E-state index contributed by atoms with van der Waals surface area (Å²) < 4.78 is 10.8. The van der Waals surface area contributed by atoms with Gasteiger partial charge in [0, 0.05) is 7.11 Å². The third kappa shape index (κ3) is 1.89. The Hall–Kier alpha value is -0.870. The molecule has 0 bridgehead atoms. The summed E-state index contributed by atoms with van der Waals surface area (Å²) in [5.41, 5.74) is 5.00. The highest BCUT2D eigenvalue weighted by atomic mass is 16.5.